The molecule has 3 aliphatic rings. The van der Waals surface area contributed by atoms with Crippen LogP contribution < -0.4 is 0 Å². The van der Waals surface area contributed by atoms with Gasteiger partial charge in [-0.25, -0.2) is 0 Å². The fraction of sp³-hybridized carbons (Fsp3) is 1.00. The van der Waals surface area contributed by atoms with Crippen molar-refractivity contribution in [1.82, 2.24) is 0 Å². The van der Waals surface area contributed by atoms with Crippen LogP contribution in [0.15, 0.2) is 0 Å². The Morgan fingerprint density at radius 2 is 1.77 bits per heavy atom. The summed E-state index contributed by atoms with van der Waals surface area (Å²) < 4.78 is 35.9. The number of aliphatic hydroxyl groups excluding tert-OH is 4. The highest BCUT2D eigenvalue weighted by Crippen LogP contribution is 2.38. The molecule has 150 valence electrons. The number of fused-ring (bicyclic) bond motifs is 2. The predicted octanol–water partition coefficient (Wildman–Crippen LogP) is -4.36. The third-order valence-electron chi connectivity index (χ3n) is 4.50. The third kappa shape index (κ3) is 3.64. The van der Waals surface area contributed by atoms with Gasteiger partial charge in [0.1, 0.15) is 49.3 Å². The molecular formula is C12H20O13P+. The Balaban J connectivity index is 1.71. The van der Waals surface area contributed by atoms with Crippen molar-refractivity contribution < 1.29 is 63.6 Å². The molecule has 26 heavy (non-hydrogen) atoms. The molecule has 0 aromatic carbocycles. The van der Waals surface area contributed by atoms with Crippen LogP contribution in [0.3, 0.4) is 0 Å². The lowest BCUT2D eigenvalue weighted by Crippen LogP contribution is -2.66. The lowest BCUT2D eigenvalue weighted by Gasteiger charge is -2.44. The minimum Gasteiger partial charge on any atom is -0.387 e. The summed E-state index contributed by atoms with van der Waals surface area (Å²) in [4.78, 5) is 8.67. The SMILES string of the molecule is O=[P+](O)OCC1O[C@@H](O[C@@H]2C3COC2C(O)(O)[C@H](O)O3)[C@@H](O)C(O)[C@H]1O. The van der Waals surface area contributed by atoms with Crippen molar-refractivity contribution in [3.05, 3.63) is 0 Å². The molecule has 0 amide bonds. The molecule has 0 aromatic heterocycles. The van der Waals surface area contributed by atoms with Crippen LogP contribution in [0.25, 0.3) is 0 Å². The van der Waals surface area contributed by atoms with Gasteiger partial charge in [-0.3, -0.25) is 0 Å². The molecule has 3 fully saturated rings. The third-order valence-corrected chi connectivity index (χ3v) is 4.87. The lowest BCUT2D eigenvalue weighted by molar-refractivity contribution is -0.391. The van der Waals surface area contributed by atoms with E-state index in [1.165, 1.54) is 0 Å². The summed E-state index contributed by atoms with van der Waals surface area (Å²) >= 11 is 0. The van der Waals surface area contributed by atoms with Gasteiger partial charge in [0.15, 0.2) is 6.29 Å². The van der Waals surface area contributed by atoms with Crippen LogP contribution in [0, 0.1) is 0 Å². The number of rotatable bonds is 5. The van der Waals surface area contributed by atoms with Crippen LogP contribution in [0.5, 0.6) is 0 Å². The first-order chi connectivity index (χ1) is 12.1. The van der Waals surface area contributed by atoms with Crippen molar-refractivity contribution in [1.29, 1.82) is 0 Å². The molecule has 5 unspecified atom stereocenters. The number of hydrogen-bond donors (Lipinski definition) is 7. The molecule has 2 bridgehead atoms. The van der Waals surface area contributed by atoms with E-state index >= 15 is 0 Å². The van der Waals surface area contributed by atoms with Crippen LogP contribution in [-0.2, 0) is 28.0 Å². The van der Waals surface area contributed by atoms with Crippen LogP contribution in [0.4, 0.5) is 0 Å². The lowest BCUT2D eigenvalue weighted by atomic mass is 9.97. The van der Waals surface area contributed by atoms with E-state index in [4.69, 9.17) is 23.8 Å². The van der Waals surface area contributed by atoms with Gasteiger partial charge in [-0.1, -0.05) is 0 Å². The second-order valence-corrected chi connectivity index (χ2v) is 6.95. The zero-order valence-electron chi connectivity index (χ0n) is 13.1. The first-order valence-electron chi connectivity index (χ1n) is 7.67. The molecule has 3 rings (SSSR count). The van der Waals surface area contributed by atoms with Gasteiger partial charge in [0.05, 0.1) is 6.61 Å². The standard InChI is InChI=1S/C12H19O13P/c13-5-3(2-22-26(19)20)23-10(7(15)6(5)14)25-8-4-1-21-9(8)12(17,18)11(16)24-4/h3-11,13-18H,1-2H2/p+1/t3?,4?,5-,6?,7-,8+,9?,10-,11+/m0/s1. The van der Waals surface area contributed by atoms with Gasteiger partial charge >= 0.3 is 8.25 Å². The molecule has 14 heteroatoms. The van der Waals surface area contributed by atoms with Crippen LogP contribution >= 0.6 is 8.25 Å². The number of hydrogen-bond acceptors (Lipinski definition) is 12. The molecule has 3 aliphatic heterocycles. The van der Waals surface area contributed by atoms with Crippen molar-refractivity contribution in [3.63, 3.8) is 0 Å². The van der Waals surface area contributed by atoms with E-state index in [0.29, 0.717) is 0 Å². The Morgan fingerprint density at radius 1 is 1.08 bits per heavy atom. The smallest absolute Gasteiger partial charge is 0.387 e. The zero-order chi connectivity index (χ0) is 19.2. The van der Waals surface area contributed by atoms with Crippen LogP contribution in [-0.4, -0.2) is 110 Å². The maximum absolute atomic E-state index is 10.6. The second-order valence-electron chi connectivity index (χ2n) is 6.21. The number of ether oxygens (including phenoxy) is 4. The summed E-state index contributed by atoms with van der Waals surface area (Å²) in [5.41, 5.74) is 0. The quantitative estimate of drug-likeness (QED) is 0.171. The molecule has 3 heterocycles. The van der Waals surface area contributed by atoms with E-state index in [9.17, 15) is 35.2 Å². The monoisotopic (exact) mass is 403 g/mol. The average molecular weight is 403 g/mol. The van der Waals surface area contributed by atoms with Gasteiger partial charge in [-0.2, -0.15) is 0 Å². The normalized spacial score (nSPS) is 48.4. The molecule has 0 aliphatic carbocycles. The van der Waals surface area contributed by atoms with Gasteiger partial charge < -0.3 is 49.6 Å². The molecule has 7 N–H and O–H groups in total. The highest BCUT2D eigenvalue weighted by Gasteiger charge is 2.61. The van der Waals surface area contributed by atoms with Crippen molar-refractivity contribution >= 4 is 8.25 Å². The minimum absolute atomic E-state index is 0.138. The largest absolute Gasteiger partial charge is 0.694 e. The Labute approximate surface area is 147 Å². The molecule has 13 nitrogen and oxygen atoms in total. The van der Waals surface area contributed by atoms with E-state index < -0.39 is 76.0 Å². The van der Waals surface area contributed by atoms with Crippen LogP contribution in [0.1, 0.15) is 0 Å². The highest BCUT2D eigenvalue weighted by atomic mass is 31.1. The Hall–Kier alpha value is -0.380. The summed E-state index contributed by atoms with van der Waals surface area (Å²) in [6.07, 6.45) is -13.5. The maximum Gasteiger partial charge on any atom is 0.694 e. The highest BCUT2D eigenvalue weighted by molar-refractivity contribution is 7.32. The van der Waals surface area contributed by atoms with Gasteiger partial charge in [-0.05, 0) is 0 Å². The van der Waals surface area contributed by atoms with E-state index in [1.54, 1.807) is 0 Å². The Morgan fingerprint density at radius 3 is 2.42 bits per heavy atom. The summed E-state index contributed by atoms with van der Waals surface area (Å²) in [6.45, 7) is -0.718. The van der Waals surface area contributed by atoms with E-state index in [-0.39, 0.29) is 6.61 Å². The summed E-state index contributed by atoms with van der Waals surface area (Å²) in [5.74, 6) is -2.78. The second kappa shape index (κ2) is 7.56. The van der Waals surface area contributed by atoms with Gasteiger partial charge in [0.2, 0.25) is 12.1 Å². The van der Waals surface area contributed by atoms with Crippen molar-refractivity contribution in [2.24, 2.45) is 0 Å². The molecular weight excluding hydrogens is 383 g/mol. The van der Waals surface area contributed by atoms with Crippen molar-refractivity contribution in [2.75, 3.05) is 13.2 Å². The maximum atomic E-state index is 10.6. The van der Waals surface area contributed by atoms with Gasteiger partial charge in [0, 0.05) is 4.57 Å². The topological polar surface area (TPSA) is 205 Å². The summed E-state index contributed by atoms with van der Waals surface area (Å²) in [7, 11) is -2.98. The molecule has 3 saturated heterocycles. The Kier molecular flexibility index (Phi) is 5.92. The molecule has 0 aromatic rings. The molecule has 0 saturated carbocycles. The fourth-order valence-electron chi connectivity index (χ4n) is 3.09. The fourth-order valence-corrected chi connectivity index (χ4v) is 3.36. The van der Waals surface area contributed by atoms with E-state index in [1.807, 2.05) is 0 Å². The van der Waals surface area contributed by atoms with Gasteiger partial charge in [-0.15, -0.1) is 9.42 Å². The predicted molar refractivity (Wildman–Crippen MR) is 75.1 cm³/mol. The molecule has 0 radical (unpaired) electrons. The zero-order valence-corrected chi connectivity index (χ0v) is 14.0. The minimum atomic E-state index is -2.98. The van der Waals surface area contributed by atoms with E-state index in [0.717, 1.165) is 0 Å². The summed E-state index contributed by atoms with van der Waals surface area (Å²) in [5, 5.41) is 59.2. The van der Waals surface area contributed by atoms with Crippen LogP contribution in [0.2, 0.25) is 0 Å². The van der Waals surface area contributed by atoms with E-state index in [2.05, 4.69) is 4.52 Å². The van der Waals surface area contributed by atoms with Gasteiger partial charge in [0.25, 0.3) is 0 Å². The van der Waals surface area contributed by atoms with Crippen molar-refractivity contribution in [2.45, 2.75) is 61.1 Å². The molecule has 10 atom stereocenters. The van der Waals surface area contributed by atoms with Crippen molar-refractivity contribution in [3.8, 4) is 0 Å². The summed E-state index contributed by atoms with van der Waals surface area (Å²) in [6, 6.07) is 0. The number of aliphatic hydroxyl groups is 6. The first kappa shape index (κ1) is 20.4. The average Bonchev–Trinajstić information content (AvgIpc) is 2.91. The first-order valence-corrected chi connectivity index (χ1v) is 8.80. The Bertz CT molecular complexity index is 531. The molecule has 0 spiro atoms.